The molecule has 2 aromatic rings. The van der Waals surface area contributed by atoms with Crippen molar-refractivity contribution in [1.29, 1.82) is 0 Å². The number of amides is 1. The molecule has 1 aliphatic rings. The van der Waals surface area contributed by atoms with E-state index in [0.29, 0.717) is 24.8 Å². The first-order chi connectivity index (χ1) is 10.3. The molecule has 0 saturated heterocycles. The third-order valence-electron chi connectivity index (χ3n) is 4.13. The number of para-hydroxylation sites is 1. The monoisotopic (exact) mass is 286 g/mol. The minimum Gasteiger partial charge on any atom is -0.376 e. The van der Waals surface area contributed by atoms with Gasteiger partial charge in [0.1, 0.15) is 0 Å². The summed E-state index contributed by atoms with van der Waals surface area (Å²) in [4.78, 5) is 15.3. The molecule has 3 rings (SSSR count). The topological polar surface area (TPSA) is 54.1 Å². The second kappa shape index (κ2) is 6.76. The van der Waals surface area contributed by atoms with Crippen LogP contribution in [0.4, 0.5) is 0 Å². The van der Waals surface area contributed by atoms with Gasteiger partial charge >= 0.3 is 0 Å². The van der Waals surface area contributed by atoms with Crippen molar-refractivity contribution in [3.63, 3.8) is 0 Å². The lowest BCUT2D eigenvalue weighted by molar-refractivity contribution is 0.0299. The zero-order valence-electron chi connectivity index (χ0n) is 12.2. The first-order valence-corrected chi connectivity index (χ1v) is 7.80. The highest BCUT2D eigenvalue weighted by atomic mass is 16.5. The van der Waals surface area contributed by atoms with Gasteiger partial charge in [0.15, 0.2) is 0 Å². The van der Waals surface area contributed by atoms with E-state index < -0.39 is 0 Å². The van der Waals surface area contributed by atoms with E-state index in [0.717, 1.165) is 23.7 Å². The summed E-state index contributed by atoms with van der Waals surface area (Å²) in [6, 6.07) is 7.72. The Morgan fingerprint density at radius 3 is 2.95 bits per heavy atom. The number of carbonyl (C=O) groups excluding carboxylic acids is 1. The number of H-pyrrole nitrogens is 1. The number of nitrogens with one attached hydrogen (secondary N) is 2. The number of rotatable bonds is 5. The molecule has 0 bridgehead atoms. The average Bonchev–Trinajstić information content (AvgIpc) is 3.01. The van der Waals surface area contributed by atoms with Crippen LogP contribution in [0.15, 0.2) is 30.5 Å². The number of hydrogen-bond acceptors (Lipinski definition) is 2. The summed E-state index contributed by atoms with van der Waals surface area (Å²) in [7, 11) is 0. The highest BCUT2D eigenvalue weighted by molar-refractivity contribution is 6.05. The first kappa shape index (κ1) is 14.1. The fourth-order valence-corrected chi connectivity index (χ4v) is 2.99. The van der Waals surface area contributed by atoms with E-state index in [-0.39, 0.29) is 5.91 Å². The van der Waals surface area contributed by atoms with Crippen LogP contribution in [0.3, 0.4) is 0 Å². The van der Waals surface area contributed by atoms with Crippen molar-refractivity contribution in [2.24, 2.45) is 0 Å². The Balaban J connectivity index is 1.49. The maximum atomic E-state index is 12.2. The third-order valence-corrected chi connectivity index (χ3v) is 4.13. The quantitative estimate of drug-likeness (QED) is 0.829. The molecule has 21 heavy (non-hydrogen) atoms. The van der Waals surface area contributed by atoms with E-state index in [1.807, 2.05) is 30.5 Å². The van der Waals surface area contributed by atoms with Crippen molar-refractivity contribution in [3.05, 3.63) is 36.0 Å². The summed E-state index contributed by atoms with van der Waals surface area (Å²) in [5, 5.41) is 3.99. The maximum Gasteiger partial charge on any atom is 0.253 e. The predicted molar refractivity (Wildman–Crippen MR) is 83.5 cm³/mol. The van der Waals surface area contributed by atoms with E-state index in [1.54, 1.807) is 0 Å². The average molecular weight is 286 g/mol. The molecule has 1 amide bonds. The molecule has 0 atom stereocenters. The molecule has 1 heterocycles. The molecule has 0 radical (unpaired) electrons. The second-order valence-electron chi connectivity index (χ2n) is 5.63. The molecule has 4 nitrogen and oxygen atoms in total. The summed E-state index contributed by atoms with van der Waals surface area (Å²) in [5.41, 5.74) is 1.58. The van der Waals surface area contributed by atoms with Gasteiger partial charge in [-0.15, -0.1) is 0 Å². The number of benzene rings is 1. The van der Waals surface area contributed by atoms with E-state index in [1.165, 1.54) is 19.3 Å². The SMILES string of the molecule is O=C(NCCOC1CCCCC1)c1cccc2cc[nH]c12. The van der Waals surface area contributed by atoms with Crippen LogP contribution in [0, 0.1) is 0 Å². The van der Waals surface area contributed by atoms with Gasteiger partial charge in [0.25, 0.3) is 5.91 Å². The molecule has 1 aromatic carbocycles. The van der Waals surface area contributed by atoms with E-state index in [2.05, 4.69) is 10.3 Å². The van der Waals surface area contributed by atoms with Gasteiger partial charge in [0, 0.05) is 18.1 Å². The van der Waals surface area contributed by atoms with Crippen LogP contribution >= 0.6 is 0 Å². The Kier molecular flexibility index (Phi) is 4.55. The fraction of sp³-hybridized carbons (Fsp3) is 0.471. The molecule has 1 aliphatic carbocycles. The van der Waals surface area contributed by atoms with E-state index >= 15 is 0 Å². The largest absolute Gasteiger partial charge is 0.376 e. The molecule has 4 heteroatoms. The normalized spacial score (nSPS) is 16.2. The number of fused-ring (bicyclic) bond motifs is 1. The minimum atomic E-state index is -0.0460. The smallest absolute Gasteiger partial charge is 0.253 e. The summed E-state index contributed by atoms with van der Waals surface area (Å²) in [6.07, 6.45) is 8.44. The lowest BCUT2D eigenvalue weighted by atomic mass is 9.98. The van der Waals surface area contributed by atoms with E-state index in [9.17, 15) is 4.79 Å². The second-order valence-corrected chi connectivity index (χ2v) is 5.63. The van der Waals surface area contributed by atoms with Crippen molar-refractivity contribution in [2.75, 3.05) is 13.2 Å². The van der Waals surface area contributed by atoms with Crippen molar-refractivity contribution in [2.45, 2.75) is 38.2 Å². The molecule has 112 valence electrons. The molecular weight excluding hydrogens is 264 g/mol. The van der Waals surface area contributed by atoms with Gasteiger partial charge in [-0.25, -0.2) is 0 Å². The van der Waals surface area contributed by atoms with Crippen LogP contribution in [0.1, 0.15) is 42.5 Å². The highest BCUT2D eigenvalue weighted by Gasteiger charge is 2.14. The first-order valence-electron chi connectivity index (χ1n) is 7.80. The predicted octanol–water partition coefficient (Wildman–Crippen LogP) is 3.25. The molecule has 1 aromatic heterocycles. The molecule has 1 fully saturated rings. The van der Waals surface area contributed by atoms with Crippen LogP contribution in [0.5, 0.6) is 0 Å². The molecular formula is C17H22N2O2. The Hall–Kier alpha value is -1.81. The third kappa shape index (κ3) is 3.45. The number of ether oxygens (including phenoxy) is 1. The zero-order valence-corrected chi connectivity index (χ0v) is 12.2. The van der Waals surface area contributed by atoms with Gasteiger partial charge in [0.05, 0.1) is 23.8 Å². The number of aromatic nitrogens is 1. The molecule has 0 spiro atoms. The van der Waals surface area contributed by atoms with Gasteiger partial charge in [-0.1, -0.05) is 31.4 Å². The van der Waals surface area contributed by atoms with Crippen molar-refractivity contribution in [3.8, 4) is 0 Å². The molecule has 0 unspecified atom stereocenters. The summed E-state index contributed by atoms with van der Waals surface area (Å²) in [5.74, 6) is -0.0460. The molecule has 2 N–H and O–H groups in total. The van der Waals surface area contributed by atoms with Gasteiger partial charge in [-0.3, -0.25) is 4.79 Å². The van der Waals surface area contributed by atoms with Crippen LogP contribution in [-0.4, -0.2) is 30.1 Å². The van der Waals surface area contributed by atoms with Crippen LogP contribution in [0.25, 0.3) is 10.9 Å². The van der Waals surface area contributed by atoms with Crippen molar-refractivity contribution in [1.82, 2.24) is 10.3 Å². The molecule has 1 saturated carbocycles. The summed E-state index contributed by atoms with van der Waals surface area (Å²) >= 11 is 0. The number of hydrogen-bond donors (Lipinski definition) is 2. The van der Waals surface area contributed by atoms with Gasteiger partial charge in [-0.05, 0) is 25.0 Å². The van der Waals surface area contributed by atoms with Gasteiger partial charge < -0.3 is 15.0 Å². The Morgan fingerprint density at radius 2 is 2.10 bits per heavy atom. The maximum absolute atomic E-state index is 12.2. The minimum absolute atomic E-state index is 0.0460. The standard InChI is InChI=1S/C17H22N2O2/c20-17(15-8-4-5-13-9-10-18-16(13)15)19-11-12-21-14-6-2-1-3-7-14/h4-5,8-10,14,18H,1-3,6-7,11-12H2,(H,19,20). The molecule has 0 aliphatic heterocycles. The van der Waals surface area contributed by atoms with Crippen LogP contribution in [-0.2, 0) is 4.74 Å². The lowest BCUT2D eigenvalue weighted by Gasteiger charge is -2.22. The lowest BCUT2D eigenvalue weighted by Crippen LogP contribution is -2.29. The van der Waals surface area contributed by atoms with Gasteiger partial charge in [0.2, 0.25) is 0 Å². The number of carbonyl (C=O) groups is 1. The van der Waals surface area contributed by atoms with Crippen LogP contribution in [0.2, 0.25) is 0 Å². The number of aromatic amines is 1. The Bertz CT molecular complexity index is 600. The summed E-state index contributed by atoms with van der Waals surface area (Å²) in [6.45, 7) is 1.16. The van der Waals surface area contributed by atoms with Gasteiger partial charge in [-0.2, -0.15) is 0 Å². The Morgan fingerprint density at radius 1 is 1.24 bits per heavy atom. The Labute approximate surface area is 124 Å². The van der Waals surface area contributed by atoms with E-state index in [4.69, 9.17) is 4.74 Å². The summed E-state index contributed by atoms with van der Waals surface area (Å²) < 4.78 is 5.82. The zero-order chi connectivity index (χ0) is 14.5. The highest BCUT2D eigenvalue weighted by Crippen LogP contribution is 2.20. The van der Waals surface area contributed by atoms with Crippen LogP contribution < -0.4 is 5.32 Å². The van der Waals surface area contributed by atoms with Crippen molar-refractivity contribution >= 4 is 16.8 Å². The van der Waals surface area contributed by atoms with Crippen molar-refractivity contribution < 1.29 is 9.53 Å². The fourth-order valence-electron chi connectivity index (χ4n) is 2.99.